The van der Waals surface area contributed by atoms with Gasteiger partial charge in [-0.25, -0.2) is 4.79 Å². The number of halogens is 1. The molecule has 168 valence electrons. The van der Waals surface area contributed by atoms with Crippen LogP contribution in [0.2, 0.25) is 5.02 Å². The van der Waals surface area contributed by atoms with Gasteiger partial charge in [-0.1, -0.05) is 72.3 Å². The fourth-order valence-electron chi connectivity index (χ4n) is 3.85. The molecule has 0 saturated carbocycles. The highest BCUT2D eigenvalue weighted by molar-refractivity contribution is 6.30. The lowest BCUT2D eigenvalue weighted by molar-refractivity contribution is 0.251. The Morgan fingerprint density at radius 1 is 0.812 bits per heavy atom. The first kappa shape index (κ1) is 23.8. The fourth-order valence-corrected chi connectivity index (χ4v) is 3.98. The highest BCUT2D eigenvalue weighted by Gasteiger charge is 2.24. The number of amides is 2. The van der Waals surface area contributed by atoms with Crippen molar-refractivity contribution in [1.82, 2.24) is 5.32 Å². The molecule has 0 heterocycles. The van der Waals surface area contributed by atoms with E-state index >= 15 is 0 Å². The van der Waals surface area contributed by atoms with Crippen molar-refractivity contribution in [3.8, 4) is 0 Å². The Labute approximate surface area is 196 Å². The van der Waals surface area contributed by atoms with Gasteiger partial charge in [-0.2, -0.15) is 0 Å². The van der Waals surface area contributed by atoms with E-state index in [1.165, 1.54) is 11.1 Å². The highest BCUT2D eigenvalue weighted by atomic mass is 35.5. The summed E-state index contributed by atoms with van der Waals surface area (Å²) in [6.07, 6.45) is 5.39. The van der Waals surface area contributed by atoms with Crippen molar-refractivity contribution in [3.63, 3.8) is 0 Å². The number of benzene rings is 3. The molecule has 3 aromatic rings. The maximum Gasteiger partial charge on any atom is 0.319 e. The molecule has 3 aromatic carbocycles. The third-order valence-corrected chi connectivity index (χ3v) is 5.89. The number of para-hydroxylation sites is 1. The molecule has 0 radical (unpaired) electrons. The third kappa shape index (κ3) is 8.37. The van der Waals surface area contributed by atoms with E-state index in [9.17, 15) is 4.79 Å². The van der Waals surface area contributed by atoms with Crippen molar-refractivity contribution in [2.45, 2.75) is 44.1 Å². The summed E-state index contributed by atoms with van der Waals surface area (Å²) in [5, 5.41) is 6.52. The summed E-state index contributed by atoms with van der Waals surface area (Å²) in [7, 11) is 0. The molecule has 4 N–H and O–H groups in total. The fraction of sp³-hybridized carbons (Fsp3) is 0.296. The van der Waals surface area contributed by atoms with Crippen LogP contribution < -0.4 is 16.4 Å². The Morgan fingerprint density at radius 2 is 1.47 bits per heavy atom. The molecule has 1 atom stereocenters. The number of aryl methyl sites for hydroxylation is 1. The quantitative estimate of drug-likeness (QED) is 0.305. The van der Waals surface area contributed by atoms with E-state index in [0.717, 1.165) is 49.2 Å². The van der Waals surface area contributed by atoms with Gasteiger partial charge in [-0.15, -0.1) is 0 Å². The molecule has 0 aliphatic heterocycles. The SMILES string of the molecule is NC(CCCCNC(=O)Nc1ccccc1)(CCc1ccc(Cl)cc1)Cc1ccccc1. The molecule has 0 saturated heterocycles. The Kier molecular flexibility index (Phi) is 9.14. The lowest BCUT2D eigenvalue weighted by atomic mass is 9.82. The second-order valence-electron chi connectivity index (χ2n) is 8.36. The molecule has 0 aromatic heterocycles. The maximum absolute atomic E-state index is 12.0. The zero-order chi connectivity index (χ0) is 22.7. The number of nitrogens with one attached hydrogen (secondary N) is 2. The summed E-state index contributed by atoms with van der Waals surface area (Å²) in [4.78, 5) is 12.0. The maximum atomic E-state index is 12.0. The van der Waals surface area contributed by atoms with Crippen LogP contribution in [0.5, 0.6) is 0 Å². The number of hydrogen-bond donors (Lipinski definition) is 3. The normalized spacial score (nSPS) is 12.7. The standard InChI is InChI=1S/C27H32ClN3O/c28-24-15-13-22(14-16-24)17-19-27(29,21-23-9-3-1-4-10-23)18-7-8-20-30-26(32)31-25-11-5-2-6-12-25/h1-6,9-16H,7-8,17-21,29H2,(H2,30,31,32). The first-order valence-electron chi connectivity index (χ1n) is 11.2. The van der Waals surface area contributed by atoms with Crippen molar-refractivity contribution >= 4 is 23.3 Å². The average Bonchev–Trinajstić information content (AvgIpc) is 2.80. The van der Waals surface area contributed by atoms with E-state index in [4.69, 9.17) is 17.3 Å². The Balaban J connectivity index is 1.48. The van der Waals surface area contributed by atoms with Gasteiger partial charge in [0, 0.05) is 22.8 Å². The van der Waals surface area contributed by atoms with Crippen molar-refractivity contribution in [2.75, 3.05) is 11.9 Å². The van der Waals surface area contributed by atoms with Crippen molar-refractivity contribution < 1.29 is 4.79 Å². The van der Waals surface area contributed by atoms with Gasteiger partial charge in [0.05, 0.1) is 0 Å². The van der Waals surface area contributed by atoms with Crippen molar-refractivity contribution in [1.29, 1.82) is 0 Å². The lowest BCUT2D eigenvalue weighted by Gasteiger charge is -2.30. The van der Waals surface area contributed by atoms with E-state index in [0.29, 0.717) is 6.54 Å². The minimum atomic E-state index is -0.298. The van der Waals surface area contributed by atoms with Crippen LogP contribution in [0.3, 0.4) is 0 Å². The van der Waals surface area contributed by atoms with E-state index in [1.807, 2.05) is 48.5 Å². The topological polar surface area (TPSA) is 67.1 Å². The first-order chi connectivity index (χ1) is 15.5. The van der Waals surface area contributed by atoms with Crippen LogP contribution in [0.15, 0.2) is 84.9 Å². The monoisotopic (exact) mass is 449 g/mol. The van der Waals surface area contributed by atoms with E-state index in [1.54, 1.807) is 0 Å². The third-order valence-electron chi connectivity index (χ3n) is 5.64. The predicted octanol–water partition coefficient (Wildman–Crippen LogP) is 6.20. The van der Waals surface area contributed by atoms with E-state index < -0.39 is 0 Å². The van der Waals surface area contributed by atoms with Crippen LogP contribution in [0.1, 0.15) is 36.8 Å². The van der Waals surface area contributed by atoms with Crippen molar-refractivity contribution in [3.05, 3.63) is 101 Å². The second kappa shape index (κ2) is 12.3. The molecule has 32 heavy (non-hydrogen) atoms. The van der Waals surface area contributed by atoms with Crippen molar-refractivity contribution in [2.24, 2.45) is 5.73 Å². The van der Waals surface area contributed by atoms with Crippen LogP contribution in [-0.2, 0) is 12.8 Å². The van der Waals surface area contributed by atoms with Crippen LogP contribution in [-0.4, -0.2) is 18.1 Å². The molecule has 5 heteroatoms. The molecule has 0 fully saturated rings. The van der Waals surface area contributed by atoms with Gasteiger partial charge < -0.3 is 16.4 Å². The average molecular weight is 450 g/mol. The molecule has 2 amide bonds. The number of unbranched alkanes of at least 4 members (excludes halogenated alkanes) is 1. The molecule has 0 spiro atoms. The number of urea groups is 1. The Hall–Kier alpha value is -2.82. The Bertz CT molecular complexity index is 948. The number of carbonyl (C=O) groups excluding carboxylic acids is 1. The second-order valence-corrected chi connectivity index (χ2v) is 8.79. The van der Waals surface area contributed by atoms with Gasteiger partial charge in [0.15, 0.2) is 0 Å². The minimum Gasteiger partial charge on any atom is -0.338 e. The molecule has 0 bridgehead atoms. The van der Waals surface area contributed by atoms with Crippen LogP contribution in [0, 0.1) is 0 Å². The lowest BCUT2D eigenvalue weighted by Crippen LogP contribution is -2.42. The smallest absolute Gasteiger partial charge is 0.319 e. The molecule has 4 nitrogen and oxygen atoms in total. The van der Waals surface area contributed by atoms with E-state index in [-0.39, 0.29) is 11.6 Å². The minimum absolute atomic E-state index is 0.178. The summed E-state index contributed by atoms with van der Waals surface area (Å²) in [6, 6.07) is 27.7. The summed E-state index contributed by atoms with van der Waals surface area (Å²) in [5.74, 6) is 0. The number of hydrogen-bond acceptors (Lipinski definition) is 2. The Morgan fingerprint density at radius 3 is 2.16 bits per heavy atom. The summed E-state index contributed by atoms with van der Waals surface area (Å²) in [6.45, 7) is 0.622. The highest BCUT2D eigenvalue weighted by Crippen LogP contribution is 2.24. The zero-order valence-electron chi connectivity index (χ0n) is 18.4. The van der Waals surface area contributed by atoms with Gasteiger partial charge in [0.2, 0.25) is 0 Å². The number of anilines is 1. The van der Waals surface area contributed by atoms with Gasteiger partial charge in [-0.05, 0) is 73.9 Å². The van der Waals surface area contributed by atoms with Gasteiger partial charge >= 0.3 is 6.03 Å². The van der Waals surface area contributed by atoms with Crippen LogP contribution in [0.25, 0.3) is 0 Å². The molecule has 0 aliphatic carbocycles. The molecule has 0 aliphatic rings. The molecular formula is C27H32ClN3O. The molecule has 3 rings (SSSR count). The van der Waals surface area contributed by atoms with Crippen LogP contribution >= 0.6 is 11.6 Å². The van der Waals surface area contributed by atoms with Gasteiger partial charge in [-0.3, -0.25) is 0 Å². The predicted molar refractivity (Wildman–Crippen MR) is 134 cm³/mol. The number of carbonyl (C=O) groups is 1. The molecular weight excluding hydrogens is 418 g/mol. The van der Waals surface area contributed by atoms with E-state index in [2.05, 4.69) is 47.0 Å². The van der Waals surface area contributed by atoms with Crippen LogP contribution in [0.4, 0.5) is 10.5 Å². The summed E-state index contributed by atoms with van der Waals surface area (Å²) in [5.41, 5.74) is 9.92. The zero-order valence-corrected chi connectivity index (χ0v) is 19.2. The summed E-state index contributed by atoms with van der Waals surface area (Å²) >= 11 is 6.02. The first-order valence-corrected chi connectivity index (χ1v) is 11.6. The number of rotatable bonds is 11. The molecule has 1 unspecified atom stereocenters. The largest absolute Gasteiger partial charge is 0.338 e. The summed E-state index contributed by atoms with van der Waals surface area (Å²) < 4.78 is 0. The van der Waals surface area contributed by atoms with Gasteiger partial charge in [0.25, 0.3) is 0 Å². The van der Waals surface area contributed by atoms with Gasteiger partial charge in [0.1, 0.15) is 0 Å². The number of nitrogens with two attached hydrogens (primary N) is 1.